The van der Waals surface area contributed by atoms with Gasteiger partial charge in [-0.3, -0.25) is 9.78 Å². The molecule has 18 heavy (non-hydrogen) atoms. The van der Waals surface area contributed by atoms with E-state index in [0.717, 1.165) is 19.5 Å². The van der Waals surface area contributed by atoms with Crippen molar-refractivity contribution in [2.24, 2.45) is 16.8 Å². The Morgan fingerprint density at radius 2 is 2.39 bits per heavy atom. The maximum Gasteiger partial charge on any atom is 0.272 e. The molecule has 0 aliphatic carbocycles. The fourth-order valence-corrected chi connectivity index (χ4v) is 2.01. The van der Waals surface area contributed by atoms with Crippen LogP contribution in [0.2, 0.25) is 0 Å². The number of nitrogens with zero attached hydrogens (tertiary/aromatic N) is 3. The lowest BCUT2D eigenvalue weighted by Crippen LogP contribution is -2.29. The smallest absolute Gasteiger partial charge is 0.272 e. The molecule has 96 valence electrons. The predicted octanol–water partition coefficient (Wildman–Crippen LogP) is 0.658. The number of hydrogen-bond donors (Lipinski definition) is 2. The highest BCUT2D eigenvalue weighted by Crippen LogP contribution is 2.17. The van der Waals surface area contributed by atoms with Gasteiger partial charge in [0.2, 0.25) is 0 Å². The average Bonchev–Trinajstić information content (AvgIpc) is 2.84. The summed E-state index contributed by atoms with van der Waals surface area (Å²) in [7, 11) is 0. The molecule has 0 bridgehead atoms. The molecule has 1 aliphatic heterocycles. The van der Waals surface area contributed by atoms with Gasteiger partial charge in [0.15, 0.2) is 5.84 Å². The highest BCUT2D eigenvalue weighted by atomic mass is 16.4. The van der Waals surface area contributed by atoms with Crippen LogP contribution in [0, 0.1) is 5.92 Å². The molecule has 1 unspecified atom stereocenters. The zero-order valence-electron chi connectivity index (χ0n) is 10.2. The van der Waals surface area contributed by atoms with Gasteiger partial charge in [-0.25, -0.2) is 0 Å². The van der Waals surface area contributed by atoms with Crippen molar-refractivity contribution in [2.45, 2.75) is 13.3 Å². The molecule has 1 aromatic heterocycles. The highest BCUT2D eigenvalue weighted by Gasteiger charge is 2.24. The van der Waals surface area contributed by atoms with Gasteiger partial charge in [0.1, 0.15) is 5.69 Å². The van der Waals surface area contributed by atoms with Crippen molar-refractivity contribution in [3.8, 4) is 0 Å². The van der Waals surface area contributed by atoms with Gasteiger partial charge < -0.3 is 15.8 Å². The second-order valence-electron chi connectivity index (χ2n) is 4.56. The molecule has 2 rings (SSSR count). The molecule has 1 amide bonds. The molecule has 6 nitrogen and oxygen atoms in total. The molecule has 1 fully saturated rings. The van der Waals surface area contributed by atoms with Crippen molar-refractivity contribution in [2.75, 3.05) is 13.1 Å². The van der Waals surface area contributed by atoms with Crippen LogP contribution in [0.3, 0.4) is 0 Å². The van der Waals surface area contributed by atoms with Crippen molar-refractivity contribution in [3.05, 3.63) is 29.6 Å². The summed E-state index contributed by atoms with van der Waals surface area (Å²) >= 11 is 0. The molecular weight excluding hydrogens is 232 g/mol. The predicted molar refractivity (Wildman–Crippen MR) is 66.4 cm³/mol. The minimum absolute atomic E-state index is 0.0173. The zero-order valence-corrected chi connectivity index (χ0v) is 10.2. The molecule has 3 N–H and O–H groups in total. The summed E-state index contributed by atoms with van der Waals surface area (Å²) in [5, 5.41) is 11.4. The Labute approximate surface area is 105 Å². The quantitative estimate of drug-likeness (QED) is 0.348. The summed E-state index contributed by atoms with van der Waals surface area (Å²) in [6, 6.07) is 3.22. The number of aromatic nitrogens is 1. The van der Waals surface area contributed by atoms with E-state index in [1.165, 1.54) is 6.20 Å². The number of rotatable bonds is 2. The SMILES string of the molecule is CC1CCN(C(=O)c2ccc(C(N)=NO)cn2)C1. The monoisotopic (exact) mass is 248 g/mol. The summed E-state index contributed by atoms with van der Waals surface area (Å²) in [5.41, 5.74) is 6.30. The van der Waals surface area contributed by atoms with Crippen molar-refractivity contribution < 1.29 is 10.0 Å². The maximum atomic E-state index is 12.1. The maximum absolute atomic E-state index is 12.1. The summed E-state index contributed by atoms with van der Waals surface area (Å²) in [4.78, 5) is 18.0. The summed E-state index contributed by atoms with van der Waals surface area (Å²) in [5.74, 6) is 0.465. The topological polar surface area (TPSA) is 91.8 Å². The van der Waals surface area contributed by atoms with Crippen LogP contribution in [0.5, 0.6) is 0 Å². The number of amidine groups is 1. The van der Waals surface area contributed by atoms with Gasteiger partial charge in [0.25, 0.3) is 5.91 Å². The van der Waals surface area contributed by atoms with Crippen LogP contribution < -0.4 is 5.73 Å². The molecular formula is C12H16N4O2. The van der Waals surface area contributed by atoms with Crippen LogP contribution in [0.15, 0.2) is 23.5 Å². The second-order valence-corrected chi connectivity index (χ2v) is 4.56. The van der Waals surface area contributed by atoms with E-state index in [9.17, 15) is 4.79 Å². The molecule has 0 saturated carbocycles. The van der Waals surface area contributed by atoms with Gasteiger partial charge in [-0.15, -0.1) is 0 Å². The van der Waals surface area contributed by atoms with Crippen molar-refractivity contribution in [1.29, 1.82) is 0 Å². The van der Waals surface area contributed by atoms with Gasteiger partial charge in [-0.05, 0) is 24.5 Å². The minimum atomic E-state index is -0.0644. The number of carbonyl (C=O) groups excluding carboxylic acids is 1. The van der Waals surface area contributed by atoms with E-state index in [0.29, 0.717) is 17.2 Å². The number of likely N-dealkylation sites (tertiary alicyclic amines) is 1. The summed E-state index contributed by atoms with van der Waals surface area (Å²) < 4.78 is 0. The zero-order chi connectivity index (χ0) is 13.1. The lowest BCUT2D eigenvalue weighted by Gasteiger charge is -2.15. The van der Waals surface area contributed by atoms with Crippen LogP contribution in [-0.4, -0.2) is 39.9 Å². The second kappa shape index (κ2) is 5.03. The fourth-order valence-electron chi connectivity index (χ4n) is 2.01. The third-order valence-corrected chi connectivity index (χ3v) is 3.10. The first-order valence-electron chi connectivity index (χ1n) is 5.85. The molecule has 2 heterocycles. The Bertz CT molecular complexity index is 469. The van der Waals surface area contributed by atoms with Gasteiger partial charge in [0, 0.05) is 24.8 Å². The van der Waals surface area contributed by atoms with Gasteiger partial charge in [-0.2, -0.15) is 0 Å². The molecule has 6 heteroatoms. The van der Waals surface area contributed by atoms with Gasteiger partial charge in [-0.1, -0.05) is 12.1 Å². The van der Waals surface area contributed by atoms with Crippen LogP contribution in [-0.2, 0) is 0 Å². The fraction of sp³-hybridized carbons (Fsp3) is 0.417. The van der Waals surface area contributed by atoms with Gasteiger partial charge >= 0.3 is 0 Å². The van der Waals surface area contributed by atoms with Crippen molar-refractivity contribution in [1.82, 2.24) is 9.88 Å². The van der Waals surface area contributed by atoms with E-state index >= 15 is 0 Å². The van der Waals surface area contributed by atoms with Crippen LogP contribution in [0.1, 0.15) is 29.4 Å². The van der Waals surface area contributed by atoms with E-state index < -0.39 is 0 Å². The van der Waals surface area contributed by atoms with E-state index in [4.69, 9.17) is 10.9 Å². The van der Waals surface area contributed by atoms with Gasteiger partial charge in [0.05, 0.1) is 0 Å². The largest absolute Gasteiger partial charge is 0.409 e. The molecule has 0 spiro atoms. The van der Waals surface area contributed by atoms with Crippen LogP contribution in [0.4, 0.5) is 0 Å². The molecule has 0 radical (unpaired) electrons. The Balaban J connectivity index is 2.12. The molecule has 0 aromatic carbocycles. The van der Waals surface area contributed by atoms with E-state index in [1.807, 2.05) is 0 Å². The average molecular weight is 248 g/mol. The Morgan fingerprint density at radius 1 is 1.61 bits per heavy atom. The lowest BCUT2D eigenvalue weighted by atomic mass is 10.2. The number of carbonyl (C=O) groups is 1. The van der Waals surface area contributed by atoms with E-state index in [2.05, 4.69) is 17.1 Å². The first kappa shape index (κ1) is 12.3. The first-order chi connectivity index (χ1) is 8.61. The number of amides is 1. The van der Waals surface area contributed by atoms with Crippen molar-refractivity contribution >= 4 is 11.7 Å². The molecule has 1 aliphatic rings. The summed E-state index contributed by atoms with van der Waals surface area (Å²) in [6.07, 6.45) is 2.47. The third-order valence-electron chi connectivity index (χ3n) is 3.10. The van der Waals surface area contributed by atoms with Crippen LogP contribution >= 0.6 is 0 Å². The normalized spacial score (nSPS) is 20.2. The number of pyridine rings is 1. The Kier molecular flexibility index (Phi) is 3.45. The third kappa shape index (κ3) is 2.42. The van der Waals surface area contributed by atoms with Crippen molar-refractivity contribution in [3.63, 3.8) is 0 Å². The molecule has 1 aromatic rings. The van der Waals surface area contributed by atoms with E-state index in [1.54, 1.807) is 17.0 Å². The molecule has 1 saturated heterocycles. The Morgan fingerprint density at radius 3 is 2.89 bits per heavy atom. The lowest BCUT2D eigenvalue weighted by molar-refractivity contribution is 0.0782. The van der Waals surface area contributed by atoms with Crippen LogP contribution in [0.25, 0.3) is 0 Å². The summed E-state index contributed by atoms with van der Waals surface area (Å²) in [6.45, 7) is 3.69. The highest BCUT2D eigenvalue weighted by molar-refractivity contribution is 5.98. The first-order valence-corrected chi connectivity index (χ1v) is 5.85. The number of oxime groups is 1. The number of nitrogens with two attached hydrogens (primary N) is 1. The minimum Gasteiger partial charge on any atom is -0.409 e. The Hall–Kier alpha value is -2.11. The number of hydrogen-bond acceptors (Lipinski definition) is 4. The molecule has 1 atom stereocenters. The standard InChI is InChI=1S/C12H16N4O2/c1-8-4-5-16(7-8)12(17)10-3-2-9(6-14-10)11(13)15-18/h2-3,6,8,18H,4-5,7H2,1H3,(H2,13,15). The van der Waals surface area contributed by atoms with E-state index in [-0.39, 0.29) is 11.7 Å².